The van der Waals surface area contributed by atoms with E-state index in [1.165, 1.54) is 4.88 Å². The molecule has 0 aliphatic heterocycles. The number of aromatic nitrogens is 2. The zero-order valence-electron chi connectivity index (χ0n) is 9.01. The van der Waals surface area contributed by atoms with E-state index < -0.39 is 0 Å². The Morgan fingerprint density at radius 3 is 3.12 bits per heavy atom. The van der Waals surface area contributed by atoms with Gasteiger partial charge in [0.05, 0.1) is 11.0 Å². The van der Waals surface area contributed by atoms with Crippen LogP contribution in [0.1, 0.15) is 4.88 Å². The van der Waals surface area contributed by atoms with Gasteiger partial charge in [0, 0.05) is 10.6 Å². The number of imidazole rings is 1. The van der Waals surface area contributed by atoms with Gasteiger partial charge >= 0.3 is 0 Å². The smallest absolute Gasteiger partial charge is 0.294 e. The van der Waals surface area contributed by atoms with Gasteiger partial charge in [-0.1, -0.05) is 6.07 Å². The molecule has 0 aliphatic rings. The highest BCUT2D eigenvalue weighted by atomic mass is 32.1. The quantitative estimate of drug-likeness (QED) is 0.697. The van der Waals surface area contributed by atoms with E-state index in [0.29, 0.717) is 18.3 Å². The molecule has 2 heterocycles. The van der Waals surface area contributed by atoms with Gasteiger partial charge in [-0.05, 0) is 29.6 Å². The number of nitrogens with zero attached hydrogens (tertiary/aromatic N) is 1. The maximum absolute atomic E-state index is 5.70. The van der Waals surface area contributed by atoms with Crippen LogP contribution in [0.15, 0.2) is 35.7 Å². The molecule has 3 rings (SSSR count). The van der Waals surface area contributed by atoms with Crippen LogP contribution in [0.5, 0.6) is 6.01 Å². The van der Waals surface area contributed by atoms with Crippen molar-refractivity contribution < 1.29 is 4.74 Å². The average molecular weight is 245 g/mol. The van der Waals surface area contributed by atoms with Gasteiger partial charge in [-0.3, -0.25) is 0 Å². The number of hydrogen-bond acceptors (Lipinski definition) is 4. The molecule has 0 radical (unpaired) electrons. The molecule has 0 spiro atoms. The third-order valence-electron chi connectivity index (χ3n) is 2.42. The number of ether oxygens (including phenoxy) is 1. The number of anilines is 1. The Morgan fingerprint density at radius 2 is 2.29 bits per heavy atom. The van der Waals surface area contributed by atoms with Crippen LogP contribution in [-0.4, -0.2) is 9.97 Å². The maximum atomic E-state index is 5.70. The standard InChI is InChI=1S/C12H11N3OS/c13-8-3-4-10-11(6-8)15-12(14-10)16-7-9-2-1-5-17-9/h1-6H,7,13H2,(H,14,15). The minimum Gasteiger partial charge on any atom is -0.459 e. The molecule has 1 aromatic carbocycles. The largest absolute Gasteiger partial charge is 0.459 e. The Morgan fingerprint density at radius 1 is 1.35 bits per heavy atom. The molecular formula is C12H11N3OS. The number of hydrogen-bond donors (Lipinski definition) is 2. The molecule has 0 saturated heterocycles. The minimum atomic E-state index is 0.527. The number of nitrogens with one attached hydrogen (secondary N) is 1. The van der Waals surface area contributed by atoms with Crippen molar-refractivity contribution in [3.63, 3.8) is 0 Å². The molecule has 2 aromatic heterocycles. The van der Waals surface area contributed by atoms with Crippen LogP contribution in [0.3, 0.4) is 0 Å². The Bertz CT molecular complexity index is 630. The highest BCUT2D eigenvalue weighted by molar-refractivity contribution is 7.09. The van der Waals surface area contributed by atoms with Crippen molar-refractivity contribution in [2.45, 2.75) is 6.61 Å². The predicted octanol–water partition coefficient (Wildman–Crippen LogP) is 2.79. The summed E-state index contributed by atoms with van der Waals surface area (Å²) in [4.78, 5) is 8.59. The van der Waals surface area contributed by atoms with Crippen LogP contribution >= 0.6 is 11.3 Å². The number of nitrogen functional groups attached to an aromatic ring is 1. The van der Waals surface area contributed by atoms with E-state index in [9.17, 15) is 0 Å². The number of H-pyrrole nitrogens is 1. The summed E-state index contributed by atoms with van der Waals surface area (Å²) in [6.45, 7) is 0.535. The summed E-state index contributed by atoms with van der Waals surface area (Å²) < 4.78 is 5.58. The van der Waals surface area contributed by atoms with E-state index in [4.69, 9.17) is 10.5 Å². The van der Waals surface area contributed by atoms with Crippen molar-refractivity contribution in [2.24, 2.45) is 0 Å². The molecule has 0 bridgehead atoms. The summed E-state index contributed by atoms with van der Waals surface area (Å²) in [5.41, 5.74) is 8.17. The summed E-state index contributed by atoms with van der Waals surface area (Å²) in [6, 6.07) is 10.1. The Balaban J connectivity index is 1.81. The van der Waals surface area contributed by atoms with Crippen LogP contribution in [0, 0.1) is 0 Å². The van der Waals surface area contributed by atoms with E-state index >= 15 is 0 Å². The van der Waals surface area contributed by atoms with Crippen molar-refractivity contribution in [3.8, 4) is 6.01 Å². The molecule has 0 saturated carbocycles. The molecule has 3 N–H and O–H groups in total. The van der Waals surface area contributed by atoms with Crippen molar-refractivity contribution in [3.05, 3.63) is 40.6 Å². The molecule has 0 aliphatic carbocycles. The van der Waals surface area contributed by atoms with Crippen LogP contribution in [0.2, 0.25) is 0 Å². The molecule has 0 unspecified atom stereocenters. The second kappa shape index (κ2) is 4.10. The summed E-state index contributed by atoms with van der Waals surface area (Å²) in [7, 11) is 0. The molecule has 4 nitrogen and oxygen atoms in total. The number of nitrogens with two attached hydrogens (primary N) is 1. The zero-order chi connectivity index (χ0) is 11.7. The number of aromatic amines is 1. The van der Waals surface area contributed by atoms with E-state index in [2.05, 4.69) is 9.97 Å². The predicted molar refractivity (Wildman–Crippen MR) is 69.2 cm³/mol. The lowest BCUT2D eigenvalue weighted by Gasteiger charge is -1.98. The highest BCUT2D eigenvalue weighted by Crippen LogP contribution is 2.19. The second-order valence-electron chi connectivity index (χ2n) is 3.69. The third-order valence-corrected chi connectivity index (χ3v) is 3.27. The molecule has 3 aromatic rings. The number of fused-ring (bicyclic) bond motifs is 1. The van der Waals surface area contributed by atoms with E-state index in [0.717, 1.165) is 11.0 Å². The fourth-order valence-electron chi connectivity index (χ4n) is 1.61. The van der Waals surface area contributed by atoms with Gasteiger partial charge in [0.2, 0.25) is 0 Å². The first-order valence-corrected chi connectivity index (χ1v) is 6.10. The third kappa shape index (κ3) is 2.09. The van der Waals surface area contributed by atoms with Crippen LogP contribution < -0.4 is 10.5 Å². The normalized spacial score (nSPS) is 10.8. The first kappa shape index (κ1) is 10.2. The highest BCUT2D eigenvalue weighted by Gasteiger charge is 2.04. The first-order valence-electron chi connectivity index (χ1n) is 5.22. The van der Waals surface area contributed by atoms with Gasteiger partial charge in [0.15, 0.2) is 0 Å². The lowest BCUT2D eigenvalue weighted by molar-refractivity contribution is 0.288. The molecular weight excluding hydrogens is 234 g/mol. The molecule has 86 valence electrons. The number of rotatable bonds is 3. The van der Waals surface area contributed by atoms with Crippen LogP contribution in [0.4, 0.5) is 5.69 Å². The van der Waals surface area contributed by atoms with Gasteiger partial charge in [0.25, 0.3) is 6.01 Å². The topological polar surface area (TPSA) is 63.9 Å². The summed E-state index contributed by atoms with van der Waals surface area (Å²) >= 11 is 1.66. The Labute approximate surface area is 102 Å². The van der Waals surface area contributed by atoms with E-state index in [1.807, 2.05) is 35.7 Å². The minimum absolute atomic E-state index is 0.527. The van der Waals surface area contributed by atoms with E-state index in [-0.39, 0.29) is 0 Å². The lowest BCUT2D eigenvalue weighted by atomic mass is 10.3. The molecule has 0 atom stereocenters. The molecule has 0 amide bonds. The monoisotopic (exact) mass is 245 g/mol. The second-order valence-corrected chi connectivity index (χ2v) is 4.72. The number of thiophene rings is 1. The van der Waals surface area contributed by atoms with Gasteiger partial charge < -0.3 is 15.5 Å². The van der Waals surface area contributed by atoms with Crippen molar-refractivity contribution in [1.82, 2.24) is 9.97 Å². The summed E-state index contributed by atoms with van der Waals surface area (Å²) in [6.07, 6.45) is 0. The molecule has 17 heavy (non-hydrogen) atoms. The molecule has 0 fully saturated rings. The van der Waals surface area contributed by atoms with Crippen molar-refractivity contribution in [1.29, 1.82) is 0 Å². The summed E-state index contributed by atoms with van der Waals surface area (Å²) in [5.74, 6) is 0. The van der Waals surface area contributed by atoms with Crippen LogP contribution in [0.25, 0.3) is 11.0 Å². The first-order chi connectivity index (χ1) is 8.31. The Hall–Kier alpha value is -2.01. The lowest BCUT2D eigenvalue weighted by Crippen LogP contribution is -1.93. The average Bonchev–Trinajstić information content (AvgIpc) is 2.94. The maximum Gasteiger partial charge on any atom is 0.294 e. The SMILES string of the molecule is Nc1ccc2nc(OCc3cccs3)[nH]c2c1. The fourth-order valence-corrected chi connectivity index (χ4v) is 2.22. The van der Waals surface area contributed by atoms with Gasteiger partial charge in [-0.25, -0.2) is 0 Å². The number of benzene rings is 1. The Kier molecular flexibility index (Phi) is 2.45. The van der Waals surface area contributed by atoms with Crippen molar-refractivity contribution >= 4 is 28.1 Å². The van der Waals surface area contributed by atoms with E-state index in [1.54, 1.807) is 11.3 Å². The van der Waals surface area contributed by atoms with Gasteiger partial charge in [-0.2, -0.15) is 4.98 Å². The van der Waals surface area contributed by atoms with Crippen molar-refractivity contribution in [2.75, 3.05) is 5.73 Å². The zero-order valence-corrected chi connectivity index (χ0v) is 9.83. The summed E-state index contributed by atoms with van der Waals surface area (Å²) in [5, 5.41) is 2.03. The van der Waals surface area contributed by atoms with Gasteiger partial charge in [0.1, 0.15) is 6.61 Å². The van der Waals surface area contributed by atoms with Gasteiger partial charge in [-0.15, -0.1) is 11.3 Å². The van der Waals surface area contributed by atoms with Crippen LogP contribution in [-0.2, 0) is 6.61 Å². The molecule has 5 heteroatoms. The fraction of sp³-hybridized carbons (Fsp3) is 0.0833.